The van der Waals surface area contributed by atoms with Crippen LogP contribution in [0.25, 0.3) is 0 Å². The fourth-order valence-corrected chi connectivity index (χ4v) is 3.70. The van der Waals surface area contributed by atoms with Gasteiger partial charge in [0.25, 0.3) is 11.7 Å². The summed E-state index contributed by atoms with van der Waals surface area (Å²) in [5.74, 6) is -1.97. The van der Waals surface area contributed by atoms with Crippen molar-refractivity contribution in [2.45, 2.75) is 26.8 Å². The van der Waals surface area contributed by atoms with Crippen LogP contribution in [0.5, 0.6) is 0 Å². The lowest BCUT2D eigenvalue weighted by molar-refractivity contribution is -0.120. The van der Waals surface area contributed by atoms with Crippen molar-refractivity contribution in [3.63, 3.8) is 0 Å². The summed E-state index contributed by atoms with van der Waals surface area (Å²) in [4.78, 5) is 49.9. The van der Waals surface area contributed by atoms with Gasteiger partial charge in [0.1, 0.15) is 6.04 Å². The zero-order valence-electron chi connectivity index (χ0n) is 15.5. The maximum atomic E-state index is 12.7. The Morgan fingerprint density at radius 1 is 1.04 bits per heavy atom. The molecule has 28 heavy (non-hydrogen) atoms. The molecule has 2 N–H and O–H groups in total. The number of benzene rings is 2. The topological polar surface area (TPSA) is 95.6 Å². The van der Waals surface area contributed by atoms with Crippen LogP contribution in [0.4, 0.5) is 17.1 Å². The van der Waals surface area contributed by atoms with E-state index in [1.54, 1.807) is 50.2 Å². The van der Waals surface area contributed by atoms with Crippen molar-refractivity contribution in [2.24, 2.45) is 0 Å². The Morgan fingerprint density at radius 3 is 2.18 bits per heavy atom. The summed E-state index contributed by atoms with van der Waals surface area (Å²) in [5, 5.41) is 5.37. The summed E-state index contributed by atoms with van der Waals surface area (Å²) < 4.78 is 0.697. The van der Waals surface area contributed by atoms with Crippen LogP contribution < -0.4 is 15.5 Å². The van der Waals surface area contributed by atoms with Crippen LogP contribution in [0, 0.1) is 6.92 Å². The number of carbonyl (C=O) groups excluding carboxylic acids is 4. The monoisotopic (exact) mass is 443 g/mol. The number of rotatable bonds is 4. The highest BCUT2D eigenvalue weighted by Gasteiger charge is 2.41. The Morgan fingerprint density at radius 2 is 1.61 bits per heavy atom. The van der Waals surface area contributed by atoms with E-state index >= 15 is 0 Å². The maximum Gasteiger partial charge on any atom is 0.300 e. The molecule has 1 aliphatic rings. The molecule has 0 saturated heterocycles. The van der Waals surface area contributed by atoms with Gasteiger partial charge in [-0.1, -0.05) is 15.9 Å². The van der Waals surface area contributed by atoms with Crippen LogP contribution >= 0.6 is 15.9 Å². The fraction of sp³-hybridized carbons (Fsp3) is 0.200. The minimum absolute atomic E-state index is 0.191. The molecule has 3 rings (SSSR count). The van der Waals surface area contributed by atoms with Crippen molar-refractivity contribution in [3.05, 3.63) is 52.0 Å². The quantitative estimate of drug-likeness (QED) is 0.708. The van der Waals surface area contributed by atoms with Gasteiger partial charge in [0.15, 0.2) is 0 Å². The number of halogens is 1. The second-order valence-electron chi connectivity index (χ2n) is 6.55. The van der Waals surface area contributed by atoms with Crippen LogP contribution in [0.1, 0.15) is 29.8 Å². The van der Waals surface area contributed by atoms with Gasteiger partial charge in [-0.15, -0.1) is 0 Å². The minimum Gasteiger partial charge on any atom is -0.326 e. The smallest absolute Gasteiger partial charge is 0.300 e. The number of nitrogens with one attached hydrogen (secondary N) is 2. The van der Waals surface area contributed by atoms with E-state index in [4.69, 9.17) is 0 Å². The predicted molar refractivity (Wildman–Crippen MR) is 110 cm³/mol. The summed E-state index contributed by atoms with van der Waals surface area (Å²) in [6.07, 6.45) is 0. The molecule has 3 amide bonds. The van der Waals surface area contributed by atoms with Gasteiger partial charge in [0.2, 0.25) is 11.8 Å². The molecule has 0 radical (unpaired) electrons. The second-order valence-corrected chi connectivity index (χ2v) is 7.46. The maximum absolute atomic E-state index is 12.7. The summed E-state index contributed by atoms with van der Waals surface area (Å²) in [7, 11) is 0. The first kappa shape index (κ1) is 19.8. The van der Waals surface area contributed by atoms with Gasteiger partial charge in [0, 0.05) is 22.8 Å². The van der Waals surface area contributed by atoms with Crippen LogP contribution in [0.15, 0.2) is 40.9 Å². The Hall–Kier alpha value is -3.00. The number of amides is 3. The van der Waals surface area contributed by atoms with E-state index in [1.165, 1.54) is 11.8 Å². The average molecular weight is 444 g/mol. The number of hydrogen-bond acceptors (Lipinski definition) is 4. The second kappa shape index (κ2) is 7.55. The van der Waals surface area contributed by atoms with Crippen molar-refractivity contribution in [3.8, 4) is 0 Å². The number of ketones is 1. The van der Waals surface area contributed by atoms with Gasteiger partial charge < -0.3 is 10.6 Å². The molecule has 1 aliphatic heterocycles. The highest BCUT2D eigenvalue weighted by molar-refractivity contribution is 9.10. The van der Waals surface area contributed by atoms with Gasteiger partial charge in [-0.2, -0.15) is 0 Å². The normalized spacial score (nSPS) is 13.9. The van der Waals surface area contributed by atoms with E-state index < -0.39 is 23.6 Å². The number of carbonyl (C=O) groups is 4. The third-order valence-corrected chi connectivity index (χ3v) is 4.86. The third-order valence-electron chi connectivity index (χ3n) is 4.40. The number of Topliss-reactive ketones (excluding diaryl/α,β-unsaturated/α-hetero) is 1. The van der Waals surface area contributed by atoms with E-state index in [0.717, 1.165) is 5.56 Å². The summed E-state index contributed by atoms with van der Waals surface area (Å²) >= 11 is 3.33. The number of nitrogens with zero attached hydrogens (tertiary/aromatic N) is 1. The highest BCUT2D eigenvalue weighted by atomic mass is 79.9. The van der Waals surface area contributed by atoms with Gasteiger partial charge in [-0.05, 0) is 55.8 Å². The molecule has 1 heterocycles. The van der Waals surface area contributed by atoms with Crippen molar-refractivity contribution in [1.82, 2.24) is 0 Å². The van der Waals surface area contributed by atoms with E-state index in [2.05, 4.69) is 26.6 Å². The van der Waals surface area contributed by atoms with Gasteiger partial charge >= 0.3 is 0 Å². The lowest BCUT2D eigenvalue weighted by Gasteiger charge is -2.25. The van der Waals surface area contributed by atoms with Crippen molar-refractivity contribution in [2.75, 3.05) is 15.5 Å². The largest absolute Gasteiger partial charge is 0.326 e. The summed E-state index contributed by atoms with van der Waals surface area (Å²) in [6.45, 7) is 4.76. The molecule has 2 aromatic rings. The first-order valence-electron chi connectivity index (χ1n) is 8.55. The Kier molecular flexibility index (Phi) is 5.33. The zero-order valence-corrected chi connectivity index (χ0v) is 17.1. The number of hydrogen-bond donors (Lipinski definition) is 2. The molecule has 0 aromatic heterocycles. The fourth-order valence-electron chi connectivity index (χ4n) is 3.13. The van der Waals surface area contributed by atoms with E-state index in [0.29, 0.717) is 21.5 Å². The third kappa shape index (κ3) is 3.68. The van der Waals surface area contributed by atoms with Crippen LogP contribution in [-0.4, -0.2) is 29.5 Å². The lowest BCUT2D eigenvalue weighted by Crippen LogP contribution is -2.45. The molecule has 7 nitrogen and oxygen atoms in total. The van der Waals surface area contributed by atoms with Crippen LogP contribution in [0.2, 0.25) is 0 Å². The SMILES string of the molecule is CC(=O)Nc1ccc(NC(=O)C(C)N2C(=O)C(=O)c3cc(Br)cc(C)c32)cc1. The molecular formula is C20H18BrN3O4. The van der Waals surface area contributed by atoms with Gasteiger partial charge in [-0.3, -0.25) is 24.1 Å². The summed E-state index contributed by atoms with van der Waals surface area (Å²) in [5.41, 5.74) is 2.59. The molecule has 0 spiro atoms. The first-order valence-corrected chi connectivity index (χ1v) is 9.35. The molecule has 8 heteroatoms. The predicted octanol–water partition coefficient (Wildman–Crippen LogP) is 3.27. The lowest BCUT2D eigenvalue weighted by atomic mass is 10.1. The van der Waals surface area contributed by atoms with Crippen LogP contribution in [-0.2, 0) is 14.4 Å². The van der Waals surface area contributed by atoms with Crippen molar-refractivity contribution >= 4 is 56.5 Å². The standard InChI is InChI=1S/C20H18BrN3O4/c1-10-8-13(21)9-16-17(10)24(20(28)18(16)26)11(2)19(27)23-15-6-4-14(5-7-15)22-12(3)25/h4-9,11H,1-3H3,(H,22,25)(H,23,27). The van der Waals surface area contributed by atoms with Crippen LogP contribution in [0.3, 0.4) is 0 Å². The van der Waals surface area contributed by atoms with Crippen molar-refractivity contribution in [1.29, 1.82) is 0 Å². The number of aryl methyl sites for hydroxylation is 1. The Balaban J connectivity index is 1.82. The zero-order chi connectivity index (χ0) is 20.6. The van der Waals surface area contributed by atoms with Crippen molar-refractivity contribution < 1.29 is 19.2 Å². The highest BCUT2D eigenvalue weighted by Crippen LogP contribution is 2.36. The molecule has 0 aliphatic carbocycles. The number of fused-ring (bicyclic) bond motifs is 1. The van der Waals surface area contributed by atoms with E-state index in [9.17, 15) is 19.2 Å². The Bertz CT molecular complexity index is 1000. The molecule has 2 aromatic carbocycles. The Labute approximate surface area is 170 Å². The van der Waals surface area contributed by atoms with Gasteiger partial charge in [-0.25, -0.2) is 0 Å². The first-order chi connectivity index (χ1) is 13.2. The number of anilines is 3. The van der Waals surface area contributed by atoms with Gasteiger partial charge in [0.05, 0.1) is 11.3 Å². The molecular weight excluding hydrogens is 426 g/mol. The van der Waals surface area contributed by atoms with E-state index in [-0.39, 0.29) is 11.5 Å². The van der Waals surface area contributed by atoms with E-state index in [1.807, 2.05) is 0 Å². The minimum atomic E-state index is -0.882. The molecule has 1 unspecified atom stereocenters. The average Bonchev–Trinajstić information content (AvgIpc) is 2.87. The molecule has 1 atom stereocenters. The molecule has 0 bridgehead atoms. The molecule has 144 valence electrons. The molecule has 0 fully saturated rings. The summed E-state index contributed by atoms with van der Waals surface area (Å²) in [6, 6.07) is 9.10. The molecule has 0 saturated carbocycles.